The van der Waals surface area contributed by atoms with Crippen molar-refractivity contribution in [1.29, 1.82) is 5.26 Å². The lowest BCUT2D eigenvalue weighted by molar-refractivity contribution is 0.0502. The van der Waals surface area contributed by atoms with Gasteiger partial charge in [-0.15, -0.1) is 11.3 Å². The molecule has 0 saturated heterocycles. The van der Waals surface area contributed by atoms with Crippen molar-refractivity contribution in [3.8, 4) is 6.07 Å². The van der Waals surface area contributed by atoms with Crippen molar-refractivity contribution >= 4 is 39.9 Å². The molecule has 2 heterocycles. The lowest BCUT2D eigenvalue weighted by atomic mass is 9.86. The van der Waals surface area contributed by atoms with E-state index in [2.05, 4.69) is 23.6 Å². The van der Waals surface area contributed by atoms with Crippen molar-refractivity contribution < 1.29 is 9.53 Å². The van der Waals surface area contributed by atoms with Gasteiger partial charge >= 0.3 is 5.97 Å². The highest BCUT2D eigenvalue weighted by Gasteiger charge is 2.25. The van der Waals surface area contributed by atoms with Crippen molar-refractivity contribution in [3.63, 3.8) is 0 Å². The number of carbonyl (C=O) groups excluding carboxylic acids is 1. The van der Waals surface area contributed by atoms with Crippen LogP contribution in [0.4, 0.5) is 0 Å². The summed E-state index contributed by atoms with van der Waals surface area (Å²) >= 11 is 1.70. The standard InChI is InChI=1S/C23H20N2O2S/c24-12-3-4-13-27-23(26)21-18-9-1-2-11-20(18)25-22-16(7-5-10-19(21)22)15-17-8-6-14-28-17/h1-2,6,8-9,11,14-15H,3-5,7,10,13H2/b16-15+. The van der Waals surface area contributed by atoms with E-state index in [0.29, 0.717) is 18.4 Å². The van der Waals surface area contributed by atoms with Crippen LogP contribution in [-0.4, -0.2) is 17.6 Å². The molecule has 1 aromatic carbocycles. The second-order valence-corrected chi connectivity index (χ2v) is 7.75. The highest BCUT2D eigenvalue weighted by atomic mass is 32.1. The van der Waals surface area contributed by atoms with Crippen molar-refractivity contribution in [2.24, 2.45) is 0 Å². The van der Waals surface area contributed by atoms with Gasteiger partial charge in [0.25, 0.3) is 0 Å². The monoisotopic (exact) mass is 388 g/mol. The van der Waals surface area contributed by atoms with E-state index in [1.165, 1.54) is 10.5 Å². The molecule has 3 aromatic rings. The average molecular weight is 388 g/mol. The first kappa shape index (κ1) is 18.4. The topological polar surface area (TPSA) is 63.0 Å². The number of esters is 1. The highest BCUT2D eigenvalue weighted by molar-refractivity contribution is 7.10. The summed E-state index contributed by atoms with van der Waals surface area (Å²) in [6.45, 7) is 0.260. The fourth-order valence-corrected chi connectivity index (χ4v) is 4.32. The number of carbonyl (C=O) groups is 1. The lowest BCUT2D eigenvalue weighted by Crippen LogP contribution is -2.15. The Kier molecular flexibility index (Phi) is 5.50. The predicted molar refractivity (Wildman–Crippen MR) is 112 cm³/mol. The van der Waals surface area contributed by atoms with Crippen LogP contribution in [0.25, 0.3) is 22.6 Å². The Morgan fingerprint density at radius 1 is 1.25 bits per heavy atom. The van der Waals surface area contributed by atoms with Crippen LogP contribution < -0.4 is 0 Å². The van der Waals surface area contributed by atoms with E-state index < -0.39 is 0 Å². The van der Waals surface area contributed by atoms with Gasteiger partial charge in [0, 0.05) is 16.7 Å². The van der Waals surface area contributed by atoms with Gasteiger partial charge in [-0.2, -0.15) is 5.26 Å². The quantitative estimate of drug-likeness (QED) is 0.419. The zero-order chi connectivity index (χ0) is 19.3. The second-order valence-electron chi connectivity index (χ2n) is 6.77. The Morgan fingerprint density at radius 2 is 2.14 bits per heavy atom. The summed E-state index contributed by atoms with van der Waals surface area (Å²) in [5.41, 5.74) is 4.52. The molecule has 1 aliphatic rings. The van der Waals surface area contributed by atoms with E-state index in [1.807, 2.05) is 30.3 Å². The Hall–Kier alpha value is -2.97. The molecule has 0 N–H and O–H groups in total. The molecule has 0 atom stereocenters. The predicted octanol–water partition coefficient (Wildman–Crippen LogP) is 5.63. The maximum Gasteiger partial charge on any atom is 0.339 e. The molecule has 140 valence electrons. The number of rotatable bonds is 5. The van der Waals surface area contributed by atoms with Gasteiger partial charge < -0.3 is 4.74 Å². The average Bonchev–Trinajstić information content (AvgIpc) is 3.23. The van der Waals surface area contributed by atoms with Crippen molar-refractivity contribution in [1.82, 2.24) is 4.98 Å². The number of fused-ring (bicyclic) bond motifs is 2. The van der Waals surface area contributed by atoms with Gasteiger partial charge in [-0.25, -0.2) is 9.78 Å². The Bertz CT molecular complexity index is 1080. The van der Waals surface area contributed by atoms with Gasteiger partial charge in [-0.3, -0.25) is 0 Å². The molecule has 0 spiro atoms. The summed E-state index contributed by atoms with van der Waals surface area (Å²) in [6.07, 6.45) is 5.88. The molecule has 0 saturated carbocycles. The molecule has 4 nitrogen and oxygen atoms in total. The molecular weight excluding hydrogens is 368 g/mol. The van der Waals surface area contributed by atoms with Gasteiger partial charge in [0.15, 0.2) is 0 Å². The number of unbranched alkanes of at least 4 members (excludes halogenated alkanes) is 1. The first-order valence-electron chi connectivity index (χ1n) is 9.48. The fraction of sp³-hybridized carbons (Fsp3) is 0.261. The molecule has 0 radical (unpaired) electrons. The summed E-state index contributed by atoms with van der Waals surface area (Å²) in [5.74, 6) is -0.315. The van der Waals surface area contributed by atoms with E-state index in [4.69, 9.17) is 15.0 Å². The summed E-state index contributed by atoms with van der Waals surface area (Å²) < 4.78 is 5.51. The van der Waals surface area contributed by atoms with Crippen LogP contribution in [0.1, 0.15) is 52.2 Å². The van der Waals surface area contributed by atoms with Gasteiger partial charge in [0.2, 0.25) is 0 Å². The third-order valence-corrected chi connectivity index (χ3v) is 5.72. The van der Waals surface area contributed by atoms with E-state index >= 15 is 0 Å². The number of pyridine rings is 1. The molecule has 0 amide bonds. The maximum atomic E-state index is 13.0. The highest BCUT2D eigenvalue weighted by Crippen LogP contribution is 2.36. The summed E-state index contributed by atoms with van der Waals surface area (Å²) in [4.78, 5) is 19.1. The summed E-state index contributed by atoms with van der Waals surface area (Å²) in [6, 6.07) is 14.0. The Balaban J connectivity index is 1.80. The number of para-hydroxylation sites is 1. The van der Waals surface area contributed by atoms with Gasteiger partial charge in [0.1, 0.15) is 0 Å². The van der Waals surface area contributed by atoms with Crippen molar-refractivity contribution in [2.45, 2.75) is 32.1 Å². The van der Waals surface area contributed by atoms with Crippen molar-refractivity contribution in [3.05, 3.63) is 63.5 Å². The van der Waals surface area contributed by atoms with Crippen LogP contribution in [0, 0.1) is 11.3 Å². The van der Waals surface area contributed by atoms with Crippen molar-refractivity contribution in [2.75, 3.05) is 6.61 Å². The van der Waals surface area contributed by atoms with Crippen LogP contribution in [0.3, 0.4) is 0 Å². The molecule has 0 aliphatic heterocycles. The second kappa shape index (κ2) is 8.37. The number of aromatic nitrogens is 1. The fourth-order valence-electron chi connectivity index (χ4n) is 3.64. The van der Waals surface area contributed by atoms with Crippen LogP contribution in [0.2, 0.25) is 0 Å². The number of hydrogen-bond donors (Lipinski definition) is 0. The zero-order valence-corrected chi connectivity index (χ0v) is 16.3. The number of benzene rings is 1. The lowest BCUT2D eigenvalue weighted by Gasteiger charge is -2.22. The van der Waals surface area contributed by atoms with Crippen LogP contribution >= 0.6 is 11.3 Å². The smallest absolute Gasteiger partial charge is 0.339 e. The Labute approximate surface area is 168 Å². The maximum absolute atomic E-state index is 13.0. The third-order valence-electron chi connectivity index (χ3n) is 4.90. The van der Waals surface area contributed by atoms with Gasteiger partial charge in [0.05, 0.1) is 29.5 Å². The van der Waals surface area contributed by atoms with E-state index in [9.17, 15) is 4.79 Å². The minimum atomic E-state index is -0.315. The van der Waals surface area contributed by atoms with Crippen LogP contribution in [0.15, 0.2) is 41.8 Å². The molecule has 0 fully saturated rings. The number of ether oxygens (including phenoxy) is 1. The molecule has 2 aromatic heterocycles. The molecule has 28 heavy (non-hydrogen) atoms. The SMILES string of the molecule is N#CCCCOC(=O)c1c2c(nc3ccccc13)/C(=C/c1cccs1)CCC2. The molecule has 1 aliphatic carbocycles. The number of hydrogen-bond acceptors (Lipinski definition) is 5. The number of thiophene rings is 1. The molecular formula is C23H20N2O2S. The van der Waals surface area contributed by atoms with E-state index in [1.54, 1.807) is 11.3 Å². The zero-order valence-electron chi connectivity index (χ0n) is 15.5. The number of nitriles is 1. The summed E-state index contributed by atoms with van der Waals surface area (Å²) in [7, 11) is 0. The number of nitrogens with zero attached hydrogens (tertiary/aromatic N) is 2. The normalized spacial score (nSPS) is 14.6. The largest absolute Gasteiger partial charge is 0.462 e. The molecule has 0 unspecified atom stereocenters. The molecule has 5 heteroatoms. The van der Waals surface area contributed by atoms with Crippen LogP contribution in [-0.2, 0) is 11.2 Å². The first-order chi connectivity index (χ1) is 13.8. The minimum absolute atomic E-state index is 0.260. The summed E-state index contributed by atoms with van der Waals surface area (Å²) in [5, 5.41) is 11.6. The number of allylic oxidation sites excluding steroid dienone is 1. The van der Waals surface area contributed by atoms with Crippen LogP contribution in [0.5, 0.6) is 0 Å². The minimum Gasteiger partial charge on any atom is -0.462 e. The van der Waals surface area contributed by atoms with E-state index in [0.717, 1.165) is 41.4 Å². The third kappa shape index (κ3) is 3.69. The molecule has 0 bridgehead atoms. The van der Waals surface area contributed by atoms with E-state index in [-0.39, 0.29) is 12.6 Å². The van der Waals surface area contributed by atoms with Gasteiger partial charge in [-0.05, 0) is 60.4 Å². The first-order valence-corrected chi connectivity index (χ1v) is 10.4. The molecule has 4 rings (SSSR count). The Morgan fingerprint density at radius 3 is 2.96 bits per heavy atom. The van der Waals surface area contributed by atoms with Gasteiger partial charge in [-0.1, -0.05) is 24.3 Å².